The maximum Gasteiger partial charge on any atom is 0.0465 e. The Bertz CT molecular complexity index is 2690. The van der Waals surface area contributed by atoms with Crippen LogP contribution in [0.25, 0.3) is 84.4 Å². The van der Waals surface area contributed by atoms with Gasteiger partial charge in [-0.2, -0.15) is 0 Å². The normalized spacial score (nSPS) is 12.6. The minimum Gasteiger partial charge on any atom is -0.355 e. The standard InChI is InChI=1S/C52H53NS2/c1-29(2)17-33-9-15-49-43(21-33)45-25-35(19-31(5)6)23-39(51(45)54-49)37-11-13-47-41(27-37)42-28-38(12-14-48(42)53-47)40-24-36(20-32(7)8)26-46-44-22-34(18-30(3)4)10-16-50(44)55-52(40)46/h9-16,21-32,53H,17-20H2,1-8H3. The summed E-state index contributed by atoms with van der Waals surface area (Å²) in [5.74, 6) is 2.46. The maximum absolute atomic E-state index is 3.78. The van der Waals surface area contributed by atoms with Gasteiger partial charge in [-0.3, -0.25) is 0 Å². The van der Waals surface area contributed by atoms with Crippen LogP contribution in [-0.4, -0.2) is 4.98 Å². The van der Waals surface area contributed by atoms with E-state index in [0.717, 1.165) is 25.7 Å². The zero-order chi connectivity index (χ0) is 38.1. The van der Waals surface area contributed by atoms with Crippen LogP contribution in [0.3, 0.4) is 0 Å². The number of thiophene rings is 2. The van der Waals surface area contributed by atoms with Crippen LogP contribution < -0.4 is 0 Å². The Kier molecular flexibility index (Phi) is 9.38. The van der Waals surface area contributed by atoms with Crippen LogP contribution in [0.4, 0.5) is 0 Å². The SMILES string of the molecule is CC(C)Cc1ccc2sc3c(-c4ccc5[nH]c6ccc(-c7cc(CC(C)C)cc8c7sc7ccc(CC(C)C)cc78)cc6c5c4)cc(CC(C)C)cc3c2c1. The third-order valence-corrected chi connectivity index (χ3v) is 13.6. The molecule has 0 radical (unpaired) electrons. The molecule has 0 fully saturated rings. The van der Waals surface area contributed by atoms with Gasteiger partial charge in [-0.15, -0.1) is 22.7 Å². The van der Waals surface area contributed by atoms with E-state index in [1.807, 2.05) is 22.7 Å². The third-order valence-electron chi connectivity index (χ3n) is 11.2. The zero-order valence-corrected chi connectivity index (χ0v) is 35.3. The number of hydrogen-bond donors (Lipinski definition) is 1. The lowest BCUT2D eigenvalue weighted by atomic mass is 9.93. The largest absolute Gasteiger partial charge is 0.355 e. The van der Waals surface area contributed by atoms with Gasteiger partial charge in [0.1, 0.15) is 0 Å². The number of nitrogens with one attached hydrogen (secondary N) is 1. The summed E-state index contributed by atoms with van der Waals surface area (Å²) in [7, 11) is 0. The molecular weight excluding hydrogens is 703 g/mol. The van der Waals surface area contributed by atoms with Gasteiger partial charge in [0.05, 0.1) is 0 Å². The number of aromatic nitrogens is 1. The van der Waals surface area contributed by atoms with Crippen molar-refractivity contribution in [2.45, 2.75) is 81.1 Å². The lowest BCUT2D eigenvalue weighted by molar-refractivity contribution is 0.647. The highest BCUT2D eigenvalue weighted by Crippen LogP contribution is 2.45. The quantitative estimate of drug-likeness (QED) is 0.143. The molecule has 3 heterocycles. The summed E-state index contributed by atoms with van der Waals surface area (Å²) in [4.78, 5) is 3.78. The van der Waals surface area contributed by atoms with E-state index in [2.05, 4.69) is 157 Å². The van der Waals surface area contributed by atoms with Crippen molar-refractivity contribution in [2.75, 3.05) is 0 Å². The monoisotopic (exact) mass is 755 g/mol. The lowest BCUT2D eigenvalue weighted by Crippen LogP contribution is -1.95. The molecule has 0 unspecified atom stereocenters. The summed E-state index contributed by atoms with van der Waals surface area (Å²) < 4.78 is 5.56. The molecule has 0 saturated carbocycles. The van der Waals surface area contributed by atoms with Gasteiger partial charge in [0.15, 0.2) is 0 Å². The van der Waals surface area contributed by atoms with Gasteiger partial charge in [0, 0.05) is 62.2 Å². The minimum absolute atomic E-state index is 0.592. The number of rotatable bonds is 10. The predicted molar refractivity (Wildman–Crippen MR) is 247 cm³/mol. The summed E-state index contributed by atoms with van der Waals surface area (Å²) >= 11 is 3.91. The minimum atomic E-state index is 0.592. The molecule has 0 aliphatic carbocycles. The van der Waals surface area contributed by atoms with E-state index < -0.39 is 0 Å². The zero-order valence-electron chi connectivity index (χ0n) is 33.7. The number of benzene rings is 6. The second-order valence-electron chi connectivity index (χ2n) is 17.9. The molecule has 55 heavy (non-hydrogen) atoms. The van der Waals surface area contributed by atoms with Crippen LogP contribution in [0.2, 0.25) is 0 Å². The topological polar surface area (TPSA) is 15.8 Å². The smallest absolute Gasteiger partial charge is 0.0465 e. The number of aromatic amines is 1. The van der Waals surface area contributed by atoms with Crippen LogP contribution in [0.5, 0.6) is 0 Å². The fourth-order valence-corrected chi connectivity index (χ4v) is 11.4. The highest BCUT2D eigenvalue weighted by Gasteiger charge is 2.18. The second kappa shape index (κ2) is 14.3. The highest BCUT2D eigenvalue weighted by atomic mass is 32.1. The first-order valence-electron chi connectivity index (χ1n) is 20.5. The molecule has 0 aliphatic rings. The summed E-state index contributed by atoms with van der Waals surface area (Å²) in [6.07, 6.45) is 4.37. The van der Waals surface area contributed by atoms with E-state index in [9.17, 15) is 0 Å². The third kappa shape index (κ3) is 6.89. The molecule has 9 rings (SSSR count). The van der Waals surface area contributed by atoms with Crippen molar-refractivity contribution in [3.8, 4) is 22.3 Å². The number of hydrogen-bond acceptors (Lipinski definition) is 2. The van der Waals surface area contributed by atoms with Crippen molar-refractivity contribution < 1.29 is 0 Å². The number of fused-ring (bicyclic) bond motifs is 9. The average Bonchev–Trinajstić information content (AvgIpc) is 3.80. The van der Waals surface area contributed by atoms with E-state index in [4.69, 9.17) is 0 Å². The van der Waals surface area contributed by atoms with Crippen molar-refractivity contribution in [1.29, 1.82) is 0 Å². The molecule has 0 spiro atoms. The van der Waals surface area contributed by atoms with Crippen molar-refractivity contribution in [1.82, 2.24) is 4.98 Å². The predicted octanol–water partition coefficient (Wildman–Crippen LogP) is 16.2. The van der Waals surface area contributed by atoms with Crippen LogP contribution >= 0.6 is 22.7 Å². The van der Waals surface area contributed by atoms with Gasteiger partial charge in [-0.05, 0) is 167 Å². The fraction of sp³-hybridized carbons (Fsp3) is 0.308. The molecule has 3 aromatic heterocycles. The molecule has 0 aliphatic heterocycles. The molecule has 278 valence electrons. The molecule has 0 atom stereocenters. The Morgan fingerprint density at radius 2 is 0.764 bits per heavy atom. The van der Waals surface area contributed by atoms with E-state index in [-0.39, 0.29) is 0 Å². The van der Waals surface area contributed by atoms with Crippen LogP contribution in [0.1, 0.15) is 77.6 Å². The second-order valence-corrected chi connectivity index (χ2v) is 20.0. The summed E-state index contributed by atoms with van der Waals surface area (Å²) in [5, 5.41) is 8.22. The molecule has 0 bridgehead atoms. The lowest BCUT2D eigenvalue weighted by Gasteiger charge is -2.11. The molecule has 3 heteroatoms. The van der Waals surface area contributed by atoms with Crippen molar-refractivity contribution >= 4 is 84.8 Å². The fourth-order valence-electron chi connectivity index (χ4n) is 9.01. The first-order chi connectivity index (χ1) is 26.5. The summed E-state index contributed by atoms with van der Waals surface area (Å²) in [6, 6.07) is 38.5. The average molecular weight is 756 g/mol. The summed E-state index contributed by atoms with van der Waals surface area (Å²) in [6.45, 7) is 18.6. The number of H-pyrrole nitrogens is 1. The molecule has 1 nitrogen and oxygen atoms in total. The first kappa shape index (κ1) is 36.2. The van der Waals surface area contributed by atoms with E-state index in [1.165, 1.54) is 107 Å². The molecule has 0 amide bonds. The maximum atomic E-state index is 3.78. The molecular formula is C52H53NS2. The first-order valence-corrected chi connectivity index (χ1v) is 22.1. The van der Waals surface area contributed by atoms with E-state index in [1.54, 1.807) is 0 Å². The Labute approximate surface area is 334 Å². The Balaban J connectivity index is 1.22. The Morgan fingerprint density at radius 3 is 1.16 bits per heavy atom. The van der Waals surface area contributed by atoms with Crippen LogP contribution in [-0.2, 0) is 25.7 Å². The van der Waals surface area contributed by atoms with Crippen molar-refractivity contribution in [3.05, 3.63) is 119 Å². The van der Waals surface area contributed by atoms with Gasteiger partial charge in [0.25, 0.3) is 0 Å². The molecule has 6 aromatic carbocycles. The van der Waals surface area contributed by atoms with E-state index >= 15 is 0 Å². The summed E-state index contributed by atoms with van der Waals surface area (Å²) in [5.41, 5.74) is 13.4. The molecule has 9 aromatic rings. The van der Waals surface area contributed by atoms with E-state index in [0.29, 0.717) is 23.7 Å². The van der Waals surface area contributed by atoms with Crippen molar-refractivity contribution in [2.24, 2.45) is 23.7 Å². The molecule has 0 saturated heterocycles. The van der Waals surface area contributed by atoms with Crippen molar-refractivity contribution in [3.63, 3.8) is 0 Å². The highest BCUT2D eigenvalue weighted by molar-refractivity contribution is 7.26. The van der Waals surface area contributed by atoms with Crippen LogP contribution in [0.15, 0.2) is 97.1 Å². The molecule has 1 N–H and O–H groups in total. The van der Waals surface area contributed by atoms with Gasteiger partial charge in [-0.25, -0.2) is 0 Å². The van der Waals surface area contributed by atoms with Gasteiger partial charge in [-0.1, -0.05) is 79.7 Å². The Morgan fingerprint density at radius 1 is 0.382 bits per heavy atom. The van der Waals surface area contributed by atoms with Gasteiger partial charge >= 0.3 is 0 Å². The van der Waals surface area contributed by atoms with Gasteiger partial charge < -0.3 is 4.98 Å². The van der Waals surface area contributed by atoms with Gasteiger partial charge in [0.2, 0.25) is 0 Å². The van der Waals surface area contributed by atoms with Crippen LogP contribution in [0, 0.1) is 23.7 Å². The Hall–Kier alpha value is -4.44.